The van der Waals surface area contributed by atoms with E-state index in [0.717, 1.165) is 15.7 Å². The molecule has 1 fully saturated rings. The number of rotatable bonds is 3. The first-order valence-electron chi connectivity index (χ1n) is 6.95. The van der Waals surface area contributed by atoms with Crippen molar-refractivity contribution in [3.8, 4) is 0 Å². The van der Waals surface area contributed by atoms with E-state index in [-0.39, 0.29) is 18.0 Å². The van der Waals surface area contributed by atoms with Gasteiger partial charge in [-0.15, -0.1) is 0 Å². The molecular weight excluding hydrogens is 366 g/mol. The van der Waals surface area contributed by atoms with Crippen LogP contribution in [0.5, 0.6) is 0 Å². The second-order valence-electron chi connectivity index (χ2n) is 5.18. The SMILES string of the molecule is O=C(Nc1ccc(Br)cc1)C1CC(c2ccc(Cl)cc2)NN1. The summed E-state index contributed by atoms with van der Waals surface area (Å²) in [6.07, 6.45) is 0.685. The highest BCUT2D eigenvalue weighted by molar-refractivity contribution is 9.10. The Bertz CT molecular complexity index is 660. The van der Waals surface area contributed by atoms with Gasteiger partial charge in [0.15, 0.2) is 0 Å². The third-order valence-corrected chi connectivity index (χ3v) is 4.38. The molecule has 6 heteroatoms. The van der Waals surface area contributed by atoms with Crippen LogP contribution in [0.25, 0.3) is 0 Å². The number of benzene rings is 2. The standard InChI is InChI=1S/C16H15BrClN3O/c17-11-3-7-13(8-4-11)19-16(22)15-9-14(20-21-15)10-1-5-12(18)6-2-10/h1-8,14-15,20-21H,9H2,(H,19,22). The topological polar surface area (TPSA) is 53.2 Å². The van der Waals surface area contributed by atoms with Crippen LogP contribution in [-0.4, -0.2) is 11.9 Å². The van der Waals surface area contributed by atoms with E-state index in [1.54, 1.807) is 0 Å². The van der Waals surface area contributed by atoms with Crippen molar-refractivity contribution in [2.45, 2.75) is 18.5 Å². The normalized spacial score (nSPS) is 20.8. The third kappa shape index (κ3) is 3.67. The first-order valence-corrected chi connectivity index (χ1v) is 8.12. The van der Waals surface area contributed by atoms with E-state index < -0.39 is 0 Å². The summed E-state index contributed by atoms with van der Waals surface area (Å²) in [5.41, 5.74) is 8.09. The molecule has 2 aromatic carbocycles. The Hall–Kier alpha value is -1.40. The molecule has 1 aliphatic heterocycles. The van der Waals surface area contributed by atoms with Crippen molar-refractivity contribution < 1.29 is 4.79 Å². The van der Waals surface area contributed by atoms with E-state index in [9.17, 15) is 4.79 Å². The molecule has 4 nitrogen and oxygen atoms in total. The molecule has 0 bridgehead atoms. The van der Waals surface area contributed by atoms with E-state index in [1.165, 1.54) is 0 Å². The Morgan fingerprint density at radius 3 is 2.45 bits per heavy atom. The molecule has 0 saturated carbocycles. The Morgan fingerprint density at radius 1 is 1.09 bits per heavy atom. The number of hydrogen-bond acceptors (Lipinski definition) is 3. The van der Waals surface area contributed by atoms with Gasteiger partial charge in [-0.3, -0.25) is 4.79 Å². The van der Waals surface area contributed by atoms with Crippen LogP contribution in [0.4, 0.5) is 5.69 Å². The smallest absolute Gasteiger partial charge is 0.242 e. The van der Waals surface area contributed by atoms with E-state index >= 15 is 0 Å². The van der Waals surface area contributed by atoms with Crippen LogP contribution in [0.15, 0.2) is 53.0 Å². The number of halogens is 2. The number of anilines is 1. The Balaban J connectivity index is 1.61. The summed E-state index contributed by atoms with van der Waals surface area (Å²) < 4.78 is 0.981. The predicted octanol–water partition coefficient (Wildman–Crippen LogP) is 3.65. The maximum absolute atomic E-state index is 12.3. The van der Waals surface area contributed by atoms with E-state index in [4.69, 9.17) is 11.6 Å². The van der Waals surface area contributed by atoms with Crippen molar-refractivity contribution in [3.63, 3.8) is 0 Å². The van der Waals surface area contributed by atoms with Gasteiger partial charge in [-0.25, -0.2) is 10.9 Å². The summed E-state index contributed by atoms with van der Waals surface area (Å²) in [5.74, 6) is -0.0497. The zero-order valence-corrected chi connectivity index (χ0v) is 14.0. The first kappa shape index (κ1) is 15.5. The van der Waals surface area contributed by atoms with Crippen LogP contribution >= 0.6 is 27.5 Å². The number of hydrazine groups is 1. The molecular formula is C16H15BrClN3O. The maximum atomic E-state index is 12.3. The largest absolute Gasteiger partial charge is 0.325 e. The molecule has 2 atom stereocenters. The molecule has 3 rings (SSSR count). The molecule has 2 aromatic rings. The Labute approximate surface area is 142 Å². The molecule has 1 heterocycles. The van der Waals surface area contributed by atoms with E-state index in [0.29, 0.717) is 11.4 Å². The molecule has 3 N–H and O–H groups in total. The highest BCUT2D eigenvalue weighted by Crippen LogP contribution is 2.24. The molecule has 0 aromatic heterocycles. The van der Waals surface area contributed by atoms with Gasteiger partial charge in [0.05, 0.1) is 0 Å². The number of carbonyl (C=O) groups is 1. The minimum Gasteiger partial charge on any atom is -0.325 e. The summed E-state index contributed by atoms with van der Waals surface area (Å²) in [5, 5.41) is 3.62. The zero-order chi connectivity index (χ0) is 15.5. The zero-order valence-electron chi connectivity index (χ0n) is 11.6. The van der Waals surface area contributed by atoms with Crippen LogP contribution in [0.3, 0.4) is 0 Å². The average molecular weight is 381 g/mol. The Kier molecular flexibility index (Phi) is 4.78. The molecule has 1 aliphatic rings. The summed E-state index contributed by atoms with van der Waals surface area (Å²) in [6.45, 7) is 0. The van der Waals surface area contributed by atoms with Crippen LogP contribution in [-0.2, 0) is 4.79 Å². The van der Waals surface area contributed by atoms with E-state index in [2.05, 4.69) is 32.1 Å². The quantitative estimate of drug-likeness (QED) is 0.762. The summed E-state index contributed by atoms with van der Waals surface area (Å²) in [6, 6.07) is 15.0. The van der Waals surface area contributed by atoms with Gasteiger partial charge >= 0.3 is 0 Å². The van der Waals surface area contributed by atoms with Gasteiger partial charge in [0.2, 0.25) is 5.91 Å². The van der Waals surface area contributed by atoms with Crippen LogP contribution in [0.2, 0.25) is 5.02 Å². The van der Waals surface area contributed by atoms with Gasteiger partial charge in [-0.05, 0) is 48.4 Å². The third-order valence-electron chi connectivity index (χ3n) is 3.60. The lowest BCUT2D eigenvalue weighted by atomic mass is 10.0. The van der Waals surface area contributed by atoms with E-state index in [1.807, 2.05) is 48.5 Å². The Morgan fingerprint density at radius 2 is 1.77 bits per heavy atom. The van der Waals surface area contributed by atoms with Gasteiger partial charge in [0, 0.05) is 21.2 Å². The second kappa shape index (κ2) is 6.79. The summed E-state index contributed by atoms with van der Waals surface area (Å²) in [4.78, 5) is 12.3. The molecule has 1 saturated heterocycles. The summed E-state index contributed by atoms with van der Waals surface area (Å²) >= 11 is 9.27. The van der Waals surface area contributed by atoms with Crippen molar-refractivity contribution >= 4 is 39.1 Å². The number of amides is 1. The molecule has 0 radical (unpaired) electrons. The molecule has 2 unspecified atom stereocenters. The lowest BCUT2D eigenvalue weighted by Crippen LogP contribution is -2.39. The van der Waals surface area contributed by atoms with Gasteiger partial charge in [-0.2, -0.15) is 0 Å². The fourth-order valence-electron chi connectivity index (χ4n) is 2.40. The van der Waals surface area contributed by atoms with Crippen LogP contribution in [0.1, 0.15) is 18.0 Å². The highest BCUT2D eigenvalue weighted by atomic mass is 79.9. The number of hydrogen-bond donors (Lipinski definition) is 3. The van der Waals surface area contributed by atoms with Crippen molar-refractivity contribution in [2.75, 3.05) is 5.32 Å². The lowest BCUT2D eigenvalue weighted by Gasteiger charge is -2.11. The number of nitrogens with one attached hydrogen (secondary N) is 3. The van der Waals surface area contributed by atoms with Crippen molar-refractivity contribution in [2.24, 2.45) is 0 Å². The van der Waals surface area contributed by atoms with Gasteiger partial charge in [0.1, 0.15) is 6.04 Å². The minimum absolute atomic E-state index is 0.0497. The number of carbonyl (C=O) groups excluding carboxylic acids is 1. The highest BCUT2D eigenvalue weighted by Gasteiger charge is 2.30. The lowest BCUT2D eigenvalue weighted by molar-refractivity contribution is -0.117. The predicted molar refractivity (Wildman–Crippen MR) is 91.6 cm³/mol. The molecule has 114 valence electrons. The fraction of sp³-hybridized carbons (Fsp3) is 0.188. The summed E-state index contributed by atoms with van der Waals surface area (Å²) in [7, 11) is 0. The maximum Gasteiger partial charge on any atom is 0.242 e. The average Bonchev–Trinajstić information content (AvgIpc) is 3.00. The van der Waals surface area contributed by atoms with Crippen molar-refractivity contribution in [1.82, 2.24) is 10.9 Å². The molecule has 22 heavy (non-hydrogen) atoms. The monoisotopic (exact) mass is 379 g/mol. The molecule has 1 amide bonds. The van der Waals surface area contributed by atoms with Crippen LogP contribution < -0.4 is 16.2 Å². The van der Waals surface area contributed by atoms with Gasteiger partial charge in [0.25, 0.3) is 0 Å². The van der Waals surface area contributed by atoms with Gasteiger partial charge < -0.3 is 5.32 Å². The van der Waals surface area contributed by atoms with Crippen molar-refractivity contribution in [3.05, 3.63) is 63.6 Å². The van der Waals surface area contributed by atoms with Gasteiger partial charge in [-0.1, -0.05) is 39.7 Å². The molecule has 0 spiro atoms. The molecule has 0 aliphatic carbocycles. The first-order chi connectivity index (χ1) is 10.6. The van der Waals surface area contributed by atoms with Crippen molar-refractivity contribution in [1.29, 1.82) is 0 Å². The second-order valence-corrected chi connectivity index (χ2v) is 6.53. The fourth-order valence-corrected chi connectivity index (χ4v) is 2.79. The van der Waals surface area contributed by atoms with Crippen LogP contribution in [0, 0.1) is 0 Å². The minimum atomic E-state index is -0.274.